The molecular weight excluding hydrogens is 377 g/mol. The molecule has 2 aromatic rings. The number of halogens is 1. The molecule has 7 heteroatoms. The van der Waals surface area contributed by atoms with Gasteiger partial charge in [-0.05, 0) is 36.1 Å². The molecule has 2 aromatic carbocycles. The van der Waals surface area contributed by atoms with Crippen molar-refractivity contribution in [3.63, 3.8) is 0 Å². The highest BCUT2D eigenvalue weighted by Gasteiger charge is 2.32. The monoisotopic (exact) mass is 399 g/mol. The van der Waals surface area contributed by atoms with E-state index >= 15 is 0 Å². The highest BCUT2D eigenvalue weighted by Crippen LogP contribution is 2.30. The van der Waals surface area contributed by atoms with Crippen LogP contribution in [0.1, 0.15) is 31.4 Å². The van der Waals surface area contributed by atoms with Crippen molar-refractivity contribution in [1.82, 2.24) is 5.32 Å². The number of carbonyl (C=O) groups excluding carboxylic acids is 2. The number of aryl methyl sites for hydroxylation is 2. The Labute approximate surface area is 167 Å². The van der Waals surface area contributed by atoms with Crippen molar-refractivity contribution in [3.8, 4) is 0 Å². The van der Waals surface area contributed by atoms with Gasteiger partial charge in [0.2, 0.25) is 11.8 Å². The lowest BCUT2D eigenvalue weighted by molar-refractivity contribution is -0.122. The first-order chi connectivity index (χ1) is 13.5. The quantitative estimate of drug-likeness (QED) is 0.765. The smallest absolute Gasteiger partial charge is 0.240 e. The number of nitrogens with one attached hydrogen (secondary N) is 2. The molecule has 5 nitrogen and oxygen atoms in total. The van der Waals surface area contributed by atoms with Crippen LogP contribution in [0.2, 0.25) is 0 Å². The van der Waals surface area contributed by atoms with Gasteiger partial charge in [0, 0.05) is 6.42 Å². The van der Waals surface area contributed by atoms with Gasteiger partial charge in [-0.25, -0.2) is 9.38 Å². The Kier molecular flexibility index (Phi) is 6.46. The molecule has 0 radical (unpaired) electrons. The van der Waals surface area contributed by atoms with E-state index in [0.717, 1.165) is 29.7 Å². The zero-order valence-electron chi connectivity index (χ0n) is 15.8. The molecule has 0 aliphatic carbocycles. The average molecular weight is 399 g/mol. The van der Waals surface area contributed by atoms with Crippen LogP contribution in [0.15, 0.2) is 47.5 Å². The summed E-state index contributed by atoms with van der Waals surface area (Å²) in [5.74, 6) is -1.19. The van der Waals surface area contributed by atoms with Crippen molar-refractivity contribution >= 4 is 40.1 Å². The summed E-state index contributed by atoms with van der Waals surface area (Å²) >= 11 is 1.23. The molecule has 0 unspecified atom stereocenters. The number of rotatable bonds is 6. The van der Waals surface area contributed by atoms with Crippen molar-refractivity contribution in [2.24, 2.45) is 4.99 Å². The van der Waals surface area contributed by atoms with Gasteiger partial charge in [0.15, 0.2) is 5.17 Å². The number of amidine groups is 1. The first kappa shape index (κ1) is 20.1. The van der Waals surface area contributed by atoms with E-state index in [4.69, 9.17) is 0 Å². The third-order valence-electron chi connectivity index (χ3n) is 4.47. The fourth-order valence-electron chi connectivity index (χ4n) is 2.98. The standard InChI is InChI=1S/C21H22FN3O2S/c1-3-13-8-7-9-14(4-2)19(13)24-21-25-20(27)17(28-21)12-18(26)23-16-11-6-5-10-15(16)22/h5-11,17H,3-4,12H2,1-2H3,(H,23,26)(H,24,25,27)/t17-/m0/s1. The predicted octanol–water partition coefficient (Wildman–Crippen LogP) is 4.20. The van der Waals surface area contributed by atoms with Crippen LogP contribution in [0, 0.1) is 5.82 Å². The maximum atomic E-state index is 13.7. The zero-order valence-corrected chi connectivity index (χ0v) is 16.6. The molecule has 3 rings (SSSR count). The molecule has 1 aliphatic rings. The topological polar surface area (TPSA) is 70.6 Å². The number of nitrogens with zero attached hydrogens (tertiary/aromatic N) is 1. The first-order valence-electron chi connectivity index (χ1n) is 9.23. The van der Waals surface area contributed by atoms with Crippen LogP contribution in [0.5, 0.6) is 0 Å². The fraction of sp³-hybridized carbons (Fsp3) is 0.286. The number of amides is 2. The Morgan fingerprint density at radius 2 is 1.82 bits per heavy atom. The second-order valence-electron chi connectivity index (χ2n) is 6.38. The number of anilines is 1. The van der Waals surface area contributed by atoms with Crippen molar-refractivity contribution in [3.05, 3.63) is 59.4 Å². The second-order valence-corrected chi connectivity index (χ2v) is 7.57. The summed E-state index contributed by atoms with van der Waals surface area (Å²) < 4.78 is 13.7. The first-order valence-corrected chi connectivity index (χ1v) is 10.1. The normalized spacial score (nSPS) is 17.6. The molecule has 1 heterocycles. The predicted molar refractivity (Wildman–Crippen MR) is 111 cm³/mol. The number of aliphatic imine (C=N–C) groups is 1. The Morgan fingerprint density at radius 3 is 2.46 bits per heavy atom. The molecule has 146 valence electrons. The van der Waals surface area contributed by atoms with E-state index in [-0.39, 0.29) is 18.0 Å². The lowest BCUT2D eigenvalue weighted by Crippen LogP contribution is -2.28. The van der Waals surface area contributed by atoms with Crippen molar-refractivity contribution < 1.29 is 14.0 Å². The van der Waals surface area contributed by atoms with E-state index in [2.05, 4.69) is 29.5 Å². The minimum Gasteiger partial charge on any atom is -0.324 e. The molecular formula is C21H22FN3O2S. The maximum absolute atomic E-state index is 13.7. The van der Waals surface area contributed by atoms with Gasteiger partial charge in [-0.3, -0.25) is 9.59 Å². The zero-order chi connectivity index (χ0) is 20.1. The Morgan fingerprint density at radius 1 is 1.14 bits per heavy atom. The molecule has 0 bridgehead atoms. The lowest BCUT2D eigenvalue weighted by Gasteiger charge is -2.09. The van der Waals surface area contributed by atoms with Gasteiger partial charge >= 0.3 is 0 Å². The molecule has 1 saturated heterocycles. The van der Waals surface area contributed by atoms with Crippen molar-refractivity contribution in [1.29, 1.82) is 0 Å². The molecule has 1 fully saturated rings. The highest BCUT2D eigenvalue weighted by molar-refractivity contribution is 8.15. The van der Waals surface area contributed by atoms with Crippen LogP contribution in [0.4, 0.5) is 15.8 Å². The summed E-state index contributed by atoms with van der Waals surface area (Å²) in [7, 11) is 0. The van der Waals surface area contributed by atoms with Gasteiger partial charge in [-0.1, -0.05) is 55.9 Å². The van der Waals surface area contributed by atoms with Gasteiger partial charge in [-0.2, -0.15) is 0 Å². The summed E-state index contributed by atoms with van der Waals surface area (Å²) in [6.07, 6.45) is 1.62. The van der Waals surface area contributed by atoms with Gasteiger partial charge in [0.05, 0.1) is 11.4 Å². The van der Waals surface area contributed by atoms with Crippen LogP contribution in [0.3, 0.4) is 0 Å². The summed E-state index contributed by atoms with van der Waals surface area (Å²) in [4.78, 5) is 29.2. The Bertz CT molecular complexity index is 907. The largest absolute Gasteiger partial charge is 0.324 e. The van der Waals surface area contributed by atoms with Crippen LogP contribution < -0.4 is 10.6 Å². The second kappa shape index (κ2) is 9.01. The molecule has 0 saturated carbocycles. The van der Waals surface area contributed by atoms with Crippen LogP contribution >= 0.6 is 11.8 Å². The third-order valence-corrected chi connectivity index (χ3v) is 5.56. The van der Waals surface area contributed by atoms with E-state index in [1.807, 2.05) is 18.2 Å². The number of thioether (sulfide) groups is 1. The fourth-order valence-corrected chi connectivity index (χ4v) is 3.96. The molecule has 28 heavy (non-hydrogen) atoms. The number of hydrogen-bond donors (Lipinski definition) is 2. The van der Waals surface area contributed by atoms with Crippen LogP contribution in [-0.2, 0) is 22.4 Å². The van der Waals surface area contributed by atoms with E-state index in [1.54, 1.807) is 12.1 Å². The lowest BCUT2D eigenvalue weighted by atomic mass is 10.0. The minimum atomic E-state index is -0.593. The molecule has 2 amide bonds. The number of hydrogen-bond acceptors (Lipinski definition) is 4. The minimum absolute atomic E-state index is 0.0556. The summed E-state index contributed by atoms with van der Waals surface area (Å²) in [6, 6.07) is 12.0. The van der Waals surface area contributed by atoms with Crippen LogP contribution in [-0.4, -0.2) is 22.2 Å². The molecule has 0 spiro atoms. The van der Waals surface area contributed by atoms with Gasteiger partial charge in [-0.15, -0.1) is 0 Å². The Hall–Kier alpha value is -2.67. The molecule has 1 atom stereocenters. The van der Waals surface area contributed by atoms with Crippen LogP contribution in [0.25, 0.3) is 0 Å². The van der Waals surface area contributed by atoms with E-state index in [0.29, 0.717) is 5.17 Å². The Balaban J connectivity index is 1.71. The van der Waals surface area contributed by atoms with E-state index < -0.39 is 17.0 Å². The number of benzene rings is 2. The van der Waals surface area contributed by atoms with Crippen molar-refractivity contribution in [2.75, 3.05) is 5.32 Å². The summed E-state index contributed by atoms with van der Waals surface area (Å²) in [5, 5.41) is 5.16. The molecule has 0 aromatic heterocycles. The molecule has 1 aliphatic heterocycles. The third kappa shape index (κ3) is 4.59. The van der Waals surface area contributed by atoms with Crippen molar-refractivity contribution in [2.45, 2.75) is 38.4 Å². The maximum Gasteiger partial charge on any atom is 0.240 e. The SMILES string of the molecule is CCc1cccc(CC)c1N=C1NC(=O)[C@H](CC(=O)Nc2ccccc2F)S1. The summed E-state index contributed by atoms with van der Waals surface area (Å²) in [5.41, 5.74) is 3.21. The van der Waals surface area contributed by atoms with Gasteiger partial charge in [0.25, 0.3) is 0 Å². The summed E-state index contributed by atoms with van der Waals surface area (Å²) in [6.45, 7) is 4.13. The van der Waals surface area contributed by atoms with Gasteiger partial charge in [0.1, 0.15) is 11.1 Å². The average Bonchev–Trinajstić information content (AvgIpc) is 3.02. The number of para-hydroxylation sites is 2. The van der Waals surface area contributed by atoms with E-state index in [1.165, 1.54) is 23.9 Å². The van der Waals surface area contributed by atoms with Gasteiger partial charge < -0.3 is 10.6 Å². The number of carbonyl (C=O) groups is 2. The highest BCUT2D eigenvalue weighted by atomic mass is 32.2. The molecule has 2 N–H and O–H groups in total. The van der Waals surface area contributed by atoms with E-state index in [9.17, 15) is 14.0 Å².